The molecule has 2 heterocycles. The third kappa shape index (κ3) is 3.48. The molecule has 1 N–H and O–H groups in total. The summed E-state index contributed by atoms with van der Waals surface area (Å²) in [6.45, 7) is 3.93. The van der Waals surface area contributed by atoms with Crippen LogP contribution in [0, 0.1) is 13.8 Å². The lowest BCUT2D eigenvalue weighted by molar-refractivity contribution is -0.115. The first kappa shape index (κ1) is 15.4. The average molecular weight is 326 g/mol. The fourth-order valence-corrected chi connectivity index (χ4v) is 3.20. The number of anilines is 1. The number of carbonyl (C=O) groups excluding carboxylic acids is 1. The fourth-order valence-electron chi connectivity index (χ4n) is 2.41. The van der Waals surface area contributed by atoms with Gasteiger partial charge in [-0.15, -0.1) is 11.3 Å². The Labute approximate surface area is 139 Å². The minimum absolute atomic E-state index is 0.0527. The van der Waals surface area contributed by atoms with Gasteiger partial charge in [0, 0.05) is 29.9 Å². The van der Waals surface area contributed by atoms with Crippen LogP contribution in [-0.4, -0.2) is 20.7 Å². The smallest absolute Gasteiger partial charge is 0.231 e. The molecule has 5 nitrogen and oxygen atoms in total. The molecule has 1 aromatic carbocycles. The highest BCUT2D eigenvalue weighted by Crippen LogP contribution is 2.24. The summed E-state index contributed by atoms with van der Waals surface area (Å²) in [5.74, 6) is -0.0527. The molecule has 23 heavy (non-hydrogen) atoms. The highest BCUT2D eigenvalue weighted by atomic mass is 32.1. The summed E-state index contributed by atoms with van der Waals surface area (Å²) in [6, 6.07) is 7.74. The van der Waals surface area contributed by atoms with Crippen LogP contribution in [0.15, 0.2) is 35.8 Å². The molecule has 0 saturated heterocycles. The third-order valence-corrected chi connectivity index (χ3v) is 4.42. The number of rotatable bonds is 4. The van der Waals surface area contributed by atoms with E-state index in [1.807, 2.05) is 56.7 Å². The normalized spacial score (nSPS) is 10.7. The Hall–Kier alpha value is -2.47. The summed E-state index contributed by atoms with van der Waals surface area (Å²) >= 11 is 1.50. The molecule has 0 atom stereocenters. The average Bonchev–Trinajstić information content (AvgIpc) is 3.07. The number of aromatic nitrogens is 3. The molecule has 0 saturated carbocycles. The Morgan fingerprint density at radius 1 is 1.30 bits per heavy atom. The number of carbonyl (C=O) groups is 1. The van der Waals surface area contributed by atoms with E-state index in [-0.39, 0.29) is 12.3 Å². The van der Waals surface area contributed by atoms with Gasteiger partial charge in [-0.2, -0.15) is 5.10 Å². The Morgan fingerprint density at radius 2 is 2.09 bits per heavy atom. The molecule has 118 valence electrons. The Morgan fingerprint density at radius 3 is 2.78 bits per heavy atom. The van der Waals surface area contributed by atoms with Gasteiger partial charge in [-0.1, -0.05) is 18.2 Å². The van der Waals surface area contributed by atoms with E-state index >= 15 is 0 Å². The second kappa shape index (κ2) is 6.34. The molecule has 0 bridgehead atoms. The number of nitrogens with zero attached hydrogens (tertiary/aromatic N) is 3. The van der Waals surface area contributed by atoms with E-state index in [1.165, 1.54) is 11.3 Å². The molecule has 6 heteroatoms. The standard InChI is InChI=1S/C17H18N4OS/c1-11-6-4-5-7-14(11)18-16(22)8-17-19-15(10-23-17)13-9-21(3)20-12(13)2/h4-7,9-10H,8H2,1-3H3,(H,18,22). The monoisotopic (exact) mass is 326 g/mol. The molecular weight excluding hydrogens is 308 g/mol. The Kier molecular flexibility index (Phi) is 4.25. The number of para-hydroxylation sites is 1. The zero-order valence-corrected chi connectivity index (χ0v) is 14.1. The predicted octanol–water partition coefficient (Wildman–Crippen LogP) is 3.34. The molecule has 2 aromatic heterocycles. The topological polar surface area (TPSA) is 59.8 Å². The number of aryl methyl sites for hydroxylation is 3. The zero-order valence-electron chi connectivity index (χ0n) is 13.3. The van der Waals surface area contributed by atoms with Gasteiger partial charge in [-0.3, -0.25) is 9.48 Å². The van der Waals surface area contributed by atoms with Gasteiger partial charge in [-0.05, 0) is 25.5 Å². The lowest BCUT2D eigenvalue weighted by atomic mass is 10.2. The van der Waals surface area contributed by atoms with Crippen molar-refractivity contribution in [2.24, 2.45) is 7.05 Å². The molecule has 0 spiro atoms. The van der Waals surface area contributed by atoms with Crippen molar-refractivity contribution in [1.82, 2.24) is 14.8 Å². The van der Waals surface area contributed by atoms with E-state index in [1.54, 1.807) is 4.68 Å². The van der Waals surface area contributed by atoms with Gasteiger partial charge >= 0.3 is 0 Å². The molecular formula is C17H18N4OS. The summed E-state index contributed by atoms with van der Waals surface area (Å²) < 4.78 is 1.77. The number of nitrogens with one attached hydrogen (secondary N) is 1. The summed E-state index contributed by atoms with van der Waals surface area (Å²) in [5, 5.41) is 10.0. The second-order valence-electron chi connectivity index (χ2n) is 5.47. The van der Waals surface area contributed by atoms with Crippen LogP contribution in [0.25, 0.3) is 11.3 Å². The summed E-state index contributed by atoms with van der Waals surface area (Å²) in [6.07, 6.45) is 2.22. The van der Waals surface area contributed by atoms with Crippen LogP contribution in [0.5, 0.6) is 0 Å². The highest BCUT2D eigenvalue weighted by Gasteiger charge is 2.13. The van der Waals surface area contributed by atoms with Gasteiger partial charge in [0.2, 0.25) is 5.91 Å². The van der Waals surface area contributed by atoms with Crippen molar-refractivity contribution in [1.29, 1.82) is 0 Å². The number of amides is 1. The molecule has 0 aliphatic carbocycles. The second-order valence-corrected chi connectivity index (χ2v) is 6.41. The van der Waals surface area contributed by atoms with E-state index < -0.39 is 0 Å². The minimum Gasteiger partial charge on any atom is -0.325 e. The van der Waals surface area contributed by atoms with E-state index in [4.69, 9.17) is 0 Å². The number of thiazole rings is 1. The SMILES string of the molecule is Cc1ccccc1NC(=O)Cc1nc(-c2cn(C)nc2C)cs1. The largest absolute Gasteiger partial charge is 0.325 e. The maximum Gasteiger partial charge on any atom is 0.231 e. The minimum atomic E-state index is -0.0527. The summed E-state index contributed by atoms with van der Waals surface area (Å²) in [4.78, 5) is 16.8. The van der Waals surface area contributed by atoms with Gasteiger partial charge in [0.05, 0.1) is 17.8 Å². The molecule has 3 rings (SSSR count). The fraction of sp³-hybridized carbons (Fsp3) is 0.235. The first-order valence-corrected chi connectivity index (χ1v) is 8.21. The lowest BCUT2D eigenvalue weighted by Gasteiger charge is -2.06. The van der Waals surface area contributed by atoms with Crippen molar-refractivity contribution in [3.05, 3.63) is 52.1 Å². The summed E-state index contributed by atoms with van der Waals surface area (Å²) in [5.41, 5.74) is 4.71. The van der Waals surface area contributed by atoms with Crippen molar-refractivity contribution in [2.75, 3.05) is 5.32 Å². The van der Waals surface area contributed by atoms with E-state index in [0.717, 1.165) is 33.2 Å². The van der Waals surface area contributed by atoms with Crippen molar-refractivity contribution >= 4 is 22.9 Å². The van der Waals surface area contributed by atoms with Gasteiger partial charge in [0.25, 0.3) is 0 Å². The Balaban J connectivity index is 1.71. The van der Waals surface area contributed by atoms with Crippen molar-refractivity contribution in [3.8, 4) is 11.3 Å². The van der Waals surface area contributed by atoms with Crippen molar-refractivity contribution in [3.63, 3.8) is 0 Å². The van der Waals surface area contributed by atoms with Crippen LogP contribution < -0.4 is 5.32 Å². The van der Waals surface area contributed by atoms with Crippen LogP contribution in [0.1, 0.15) is 16.3 Å². The molecule has 0 unspecified atom stereocenters. The van der Waals surface area contributed by atoms with Gasteiger partial charge < -0.3 is 5.32 Å². The molecule has 3 aromatic rings. The van der Waals surface area contributed by atoms with Gasteiger partial charge in [0.1, 0.15) is 5.01 Å². The van der Waals surface area contributed by atoms with E-state index in [0.29, 0.717) is 0 Å². The number of hydrogen-bond donors (Lipinski definition) is 1. The molecule has 0 aliphatic rings. The molecule has 0 radical (unpaired) electrons. The molecule has 0 aliphatic heterocycles. The Bertz CT molecular complexity index is 850. The van der Waals surface area contributed by atoms with E-state index in [9.17, 15) is 4.79 Å². The lowest BCUT2D eigenvalue weighted by Crippen LogP contribution is -2.14. The van der Waals surface area contributed by atoms with Gasteiger partial charge in [0.15, 0.2) is 0 Å². The van der Waals surface area contributed by atoms with Crippen LogP contribution in [-0.2, 0) is 18.3 Å². The molecule has 0 fully saturated rings. The first-order valence-electron chi connectivity index (χ1n) is 7.33. The third-order valence-electron chi connectivity index (χ3n) is 3.57. The van der Waals surface area contributed by atoms with E-state index in [2.05, 4.69) is 15.4 Å². The van der Waals surface area contributed by atoms with Crippen LogP contribution >= 0.6 is 11.3 Å². The highest BCUT2D eigenvalue weighted by molar-refractivity contribution is 7.10. The zero-order chi connectivity index (χ0) is 16.4. The maximum absolute atomic E-state index is 12.2. The van der Waals surface area contributed by atoms with Crippen LogP contribution in [0.4, 0.5) is 5.69 Å². The van der Waals surface area contributed by atoms with Crippen LogP contribution in [0.2, 0.25) is 0 Å². The summed E-state index contributed by atoms with van der Waals surface area (Å²) in [7, 11) is 1.89. The van der Waals surface area contributed by atoms with Crippen LogP contribution in [0.3, 0.4) is 0 Å². The van der Waals surface area contributed by atoms with Gasteiger partial charge in [-0.25, -0.2) is 4.98 Å². The van der Waals surface area contributed by atoms with Crippen molar-refractivity contribution < 1.29 is 4.79 Å². The molecule has 1 amide bonds. The predicted molar refractivity (Wildman–Crippen MR) is 92.6 cm³/mol. The number of hydrogen-bond acceptors (Lipinski definition) is 4. The maximum atomic E-state index is 12.2. The van der Waals surface area contributed by atoms with Crippen molar-refractivity contribution in [2.45, 2.75) is 20.3 Å². The number of benzene rings is 1. The first-order chi connectivity index (χ1) is 11.0. The quantitative estimate of drug-likeness (QED) is 0.800.